The Morgan fingerprint density at radius 2 is 1.96 bits per heavy atom. The Morgan fingerprint density at radius 1 is 1.20 bits per heavy atom. The summed E-state index contributed by atoms with van der Waals surface area (Å²) in [5.74, 6) is -0.00719. The average molecular weight is 359 g/mol. The van der Waals surface area contributed by atoms with Crippen LogP contribution in [0.3, 0.4) is 0 Å². The maximum atomic E-state index is 12.7. The molecule has 1 aromatic heterocycles. The summed E-state index contributed by atoms with van der Waals surface area (Å²) < 4.78 is 0. The summed E-state index contributed by atoms with van der Waals surface area (Å²) in [6, 6.07) is 9.35. The number of rotatable bonds is 4. The van der Waals surface area contributed by atoms with Crippen molar-refractivity contribution in [3.63, 3.8) is 0 Å². The summed E-state index contributed by atoms with van der Waals surface area (Å²) in [5.41, 5.74) is 3.33. The van der Waals surface area contributed by atoms with Crippen molar-refractivity contribution < 1.29 is 4.79 Å². The van der Waals surface area contributed by atoms with E-state index in [1.54, 1.807) is 6.20 Å². The van der Waals surface area contributed by atoms with Gasteiger partial charge in [0.1, 0.15) is 5.69 Å². The van der Waals surface area contributed by atoms with Gasteiger partial charge in [-0.3, -0.25) is 9.78 Å². The number of aryl methyl sites for hydroxylation is 1. The number of nitrogens with zero attached hydrogens (tertiary/aromatic N) is 3. The second-order valence-corrected chi connectivity index (χ2v) is 6.68. The van der Waals surface area contributed by atoms with Crippen LogP contribution in [0.5, 0.6) is 0 Å². The van der Waals surface area contributed by atoms with Gasteiger partial charge in [-0.25, -0.2) is 0 Å². The van der Waals surface area contributed by atoms with Gasteiger partial charge in [-0.15, -0.1) is 0 Å². The number of pyridine rings is 1. The molecule has 2 aromatic rings. The molecule has 0 unspecified atom stereocenters. The van der Waals surface area contributed by atoms with Gasteiger partial charge in [0.25, 0.3) is 5.91 Å². The highest BCUT2D eigenvalue weighted by atomic mass is 35.5. The van der Waals surface area contributed by atoms with Crippen molar-refractivity contribution in [1.29, 1.82) is 0 Å². The third kappa shape index (κ3) is 4.30. The van der Waals surface area contributed by atoms with Crippen molar-refractivity contribution in [1.82, 2.24) is 14.8 Å². The number of halogens is 1. The maximum absolute atomic E-state index is 12.7. The van der Waals surface area contributed by atoms with Crippen LogP contribution in [0.25, 0.3) is 0 Å². The Kier molecular flexibility index (Phi) is 5.56. The highest BCUT2D eigenvalue weighted by Crippen LogP contribution is 2.24. The summed E-state index contributed by atoms with van der Waals surface area (Å²) in [6.07, 6.45) is 1.67. The number of aromatic nitrogens is 1. The molecule has 0 radical (unpaired) electrons. The molecule has 6 heteroatoms. The Hall–Kier alpha value is -2.11. The zero-order valence-corrected chi connectivity index (χ0v) is 15.4. The molecule has 3 rings (SSSR count). The fourth-order valence-corrected chi connectivity index (χ4v) is 3.20. The smallest absolute Gasteiger partial charge is 0.272 e. The Morgan fingerprint density at radius 3 is 2.64 bits per heavy atom. The van der Waals surface area contributed by atoms with Crippen LogP contribution in [0.1, 0.15) is 23.0 Å². The highest BCUT2D eigenvalue weighted by Gasteiger charge is 2.22. The maximum Gasteiger partial charge on any atom is 0.272 e. The minimum absolute atomic E-state index is 0.00719. The molecule has 1 aliphatic rings. The Balaban J connectivity index is 1.72. The number of carbonyl (C=O) groups excluding carboxylic acids is 1. The first-order valence-corrected chi connectivity index (χ1v) is 8.95. The molecule has 1 amide bonds. The average Bonchev–Trinajstić information content (AvgIpc) is 2.64. The molecule has 1 saturated heterocycles. The normalized spacial score (nSPS) is 15.2. The predicted octanol–water partition coefficient (Wildman–Crippen LogP) is 3.56. The number of carbonyl (C=O) groups is 1. The third-order valence-electron chi connectivity index (χ3n) is 4.55. The Labute approximate surface area is 153 Å². The number of anilines is 2. The molecule has 0 atom stereocenters. The van der Waals surface area contributed by atoms with Crippen LogP contribution in [0.15, 0.2) is 36.5 Å². The number of nitrogens with one attached hydrogen (secondary N) is 1. The number of benzene rings is 1. The molecule has 132 valence electrons. The predicted molar refractivity (Wildman–Crippen MR) is 102 cm³/mol. The second kappa shape index (κ2) is 7.85. The summed E-state index contributed by atoms with van der Waals surface area (Å²) in [5, 5.41) is 4.04. The fraction of sp³-hybridized carbons (Fsp3) is 0.368. The molecule has 2 heterocycles. The van der Waals surface area contributed by atoms with Crippen LogP contribution < -0.4 is 5.32 Å². The van der Waals surface area contributed by atoms with Crippen molar-refractivity contribution in [3.8, 4) is 0 Å². The molecule has 0 spiro atoms. The van der Waals surface area contributed by atoms with Crippen LogP contribution in [-0.2, 0) is 0 Å². The largest absolute Gasteiger partial charge is 0.355 e. The van der Waals surface area contributed by atoms with Crippen LogP contribution in [0.2, 0.25) is 5.02 Å². The lowest BCUT2D eigenvalue weighted by Crippen LogP contribution is -2.48. The SMILES string of the molecule is CCN1CCN(C(=O)c2cc(Nc3ccc(Cl)cc3C)ccn2)CC1. The van der Waals surface area contributed by atoms with Gasteiger partial charge in [-0.05, 0) is 49.4 Å². The van der Waals surface area contributed by atoms with E-state index >= 15 is 0 Å². The van der Waals surface area contributed by atoms with Crippen molar-refractivity contribution >= 4 is 28.9 Å². The van der Waals surface area contributed by atoms with Gasteiger partial charge in [-0.2, -0.15) is 0 Å². The molecule has 5 nitrogen and oxygen atoms in total. The quantitative estimate of drug-likeness (QED) is 0.907. The minimum Gasteiger partial charge on any atom is -0.355 e. The highest BCUT2D eigenvalue weighted by molar-refractivity contribution is 6.30. The van der Waals surface area contributed by atoms with E-state index in [1.165, 1.54) is 0 Å². The van der Waals surface area contributed by atoms with Gasteiger partial charge in [0, 0.05) is 48.8 Å². The number of likely N-dealkylation sites (N-methyl/N-ethyl adjacent to an activating group) is 1. The van der Waals surface area contributed by atoms with E-state index in [4.69, 9.17) is 11.6 Å². The Bertz CT molecular complexity index is 757. The summed E-state index contributed by atoms with van der Waals surface area (Å²) in [7, 11) is 0. The third-order valence-corrected chi connectivity index (χ3v) is 4.79. The standard InChI is InChI=1S/C19H23ClN4O/c1-3-23-8-10-24(11-9-23)19(25)18-13-16(6-7-21-18)22-17-5-4-15(20)12-14(17)2/h4-7,12-13H,3,8-11H2,1-2H3,(H,21,22). The van der Waals surface area contributed by atoms with Crippen LogP contribution in [-0.4, -0.2) is 53.4 Å². The van der Waals surface area contributed by atoms with E-state index < -0.39 is 0 Å². The summed E-state index contributed by atoms with van der Waals surface area (Å²) in [6.45, 7) is 8.51. The van der Waals surface area contributed by atoms with Crippen molar-refractivity contribution in [2.24, 2.45) is 0 Å². The first kappa shape index (κ1) is 17.7. The van der Waals surface area contributed by atoms with E-state index in [-0.39, 0.29) is 5.91 Å². The van der Waals surface area contributed by atoms with Gasteiger partial charge in [0.2, 0.25) is 0 Å². The van der Waals surface area contributed by atoms with E-state index in [2.05, 4.69) is 22.1 Å². The number of hydrogen-bond acceptors (Lipinski definition) is 4. The van der Waals surface area contributed by atoms with Gasteiger partial charge in [-0.1, -0.05) is 18.5 Å². The molecular formula is C19H23ClN4O. The molecule has 1 N–H and O–H groups in total. The molecule has 1 aromatic carbocycles. The number of hydrogen-bond donors (Lipinski definition) is 1. The van der Waals surface area contributed by atoms with Gasteiger partial charge in [0.15, 0.2) is 0 Å². The summed E-state index contributed by atoms with van der Waals surface area (Å²) >= 11 is 6.00. The van der Waals surface area contributed by atoms with Crippen molar-refractivity contribution in [2.75, 3.05) is 38.0 Å². The second-order valence-electron chi connectivity index (χ2n) is 6.24. The number of piperazine rings is 1. The monoisotopic (exact) mass is 358 g/mol. The lowest BCUT2D eigenvalue weighted by molar-refractivity contribution is 0.0637. The molecule has 1 aliphatic heterocycles. The molecule has 25 heavy (non-hydrogen) atoms. The zero-order valence-electron chi connectivity index (χ0n) is 14.6. The van der Waals surface area contributed by atoms with Crippen LogP contribution in [0.4, 0.5) is 11.4 Å². The molecule has 0 saturated carbocycles. The molecular weight excluding hydrogens is 336 g/mol. The fourth-order valence-electron chi connectivity index (χ4n) is 2.98. The molecule has 0 aliphatic carbocycles. The summed E-state index contributed by atoms with van der Waals surface area (Å²) in [4.78, 5) is 21.2. The minimum atomic E-state index is -0.00719. The zero-order chi connectivity index (χ0) is 17.8. The lowest BCUT2D eigenvalue weighted by Gasteiger charge is -2.33. The van der Waals surface area contributed by atoms with Gasteiger partial charge >= 0.3 is 0 Å². The first-order chi connectivity index (χ1) is 12.1. The molecule has 0 bridgehead atoms. The van der Waals surface area contributed by atoms with E-state index in [9.17, 15) is 4.79 Å². The van der Waals surface area contributed by atoms with Crippen molar-refractivity contribution in [3.05, 3.63) is 52.8 Å². The van der Waals surface area contributed by atoms with Gasteiger partial charge < -0.3 is 15.1 Å². The lowest BCUT2D eigenvalue weighted by atomic mass is 10.2. The molecule has 1 fully saturated rings. The van der Waals surface area contributed by atoms with Crippen LogP contribution >= 0.6 is 11.6 Å². The van der Waals surface area contributed by atoms with Gasteiger partial charge in [0.05, 0.1) is 0 Å². The van der Waals surface area contributed by atoms with Crippen molar-refractivity contribution in [2.45, 2.75) is 13.8 Å². The topological polar surface area (TPSA) is 48.5 Å². The first-order valence-electron chi connectivity index (χ1n) is 8.57. The van der Waals surface area contributed by atoms with E-state index in [1.807, 2.05) is 42.2 Å². The van der Waals surface area contributed by atoms with E-state index in [0.717, 1.165) is 49.7 Å². The van der Waals surface area contributed by atoms with Crippen LogP contribution in [0, 0.1) is 6.92 Å². The van der Waals surface area contributed by atoms with E-state index in [0.29, 0.717) is 10.7 Å². The number of amides is 1.